The fraction of sp³-hybridized carbons (Fsp3) is 0.308. The number of amides is 2. The van der Waals surface area contributed by atoms with Crippen molar-refractivity contribution >= 4 is 29.0 Å². The Labute approximate surface area is 325 Å². The number of imidazole rings is 1. The van der Waals surface area contributed by atoms with Crippen LogP contribution < -0.4 is 20.9 Å². The molecule has 57 heavy (non-hydrogen) atoms. The van der Waals surface area contributed by atoms with E-state index in [1.54, 1.807) is 48.5 Å². The van der Waals surface area contributed by atoms with E-state index in [2.05, 4.69) is 26.1 Å². The summed E-state index contributed by atoms with van der Waals surface area (Å²) in [6, 6.07) is 21.2. The van der Waals surface area contributed by atoms with Crippen molar-refractivity contribution in [2.75, 3.05) is 29.9 Å². The molecule has 2 amide bonds. The number of urea groups is 1. The number of aromatic nitrogens is 5. The van der Waals surface area contributed by atoms with Gasteiger partial charge in [-0.3, -0.25) is 4.57 Å². The summed E-state index contributed by atoms with van der Waals surface area (Å²) in [4.78, 5) is 29.2. The molecular weight excluding hydrogens is 738 g/mol. The smallest absolute Gasteiger partial charge is 0.315 e. The van der Waals surface area contributed by atoms with E-state index < -0.39 is 24.5 Å². The Hall–Kier alpha value is -6.47. The van der Waals surface area contributed by atoms with Gasteiger partial charge in [0.2, 0.25) is 5.95 Å². The molecule has 0 bridgehead atoms. The summed E-state index contributed by atoms with van der Waals surface area (Å²) in [5.41, 5.74) is 3.41. The number of phenolic OH excluding ortho intramolecular Hbond substituents is 3. The highest BCUT2D eigenvalue weighted by Gasteiger charge is 2.47. The summed E-state index contributed by atoms with van der Waals surface area (Å²) in [6.45, 7) is 1.04. The number of aliphatic hydroxyl groups excluding tert-OH is 3. The second-order valence-corrected chi connectivity index (χ2v) is 14.0. The zero-order valence-corrected chi connectivity index (χ0v) is 30.4. The minimum Gasteiger partial charge on any atom is -0.508 e. The fourth-order valence-electron chi connectivity index (χ4n) is 7.20. The topological polar surface area (TPSA) is 257 Å². The van der Waals surface area contributed by atoms with Crippen LogP contribution in [0.1, 0.15) is 52.8 Å². The average Bonchev–Trinajstić information content (AvgIpc) is 4.03. The molecule has 0 aliphatic carbocycles. The van der Waals surface area contributed by atoms with E-state index in [-0.39, 0.29) is 59.8 Å². The van der Waals surface area contributed by atoms with Crippen LogP contribution >= 0.6 is 0 Å². The van der Waals surface area contributed by atoms with Gasteiger partial charge < -0.3 is 60.7 Å². The molecule has 6 aromatic rings. The van der Waals surface area contributed by atoms with Crippen LogP contribution in [0.2, 0.25) is 0 Å². The van der Waals surface area contributed by atoms with Gasteiger partial charge in [0.15, 0.2) is 29.0 Å². The first-order valence-corrected chi connectivity index (χ1v) is 18.3. The van der Waals surface area contributed by atoms with Crippen LogP contribution in [0.15, 0.2) is 89.7 Å². The highest BCUT2D eigenvalue weighted by Crippen LogP contribution is 2.41. The molecule has 2 saturated heterocycles. The van der Waals surface area contributed by atoms with Crippen molar-refractivity contribution in [3.8, 4) is 17.2 Å². The monoisotopic (exact) mass is 779 g/mol. The van der Waals surface area contributed by atoms with Gasteiger partial charge in [-0.05, 0) is 59.5 Å². The lowest BCUT2D eigenvalue weighted by Crippen LogP contribution is -2.43. The van der Waals surface area contributed by atoms with Crippen LogP contribution in [0.25, 0.3) is 11.2 Å². The molecule has 8 rings (SSSR count). The van der Waals surface area contributed by atoms with Crippen LogP contribution in [0.5, 0.6) is 17.2 Å². The van der Waals surface area contributed by atoms with Crippen molar-refractivity contribution in [1.82, 2.24) is 35.3 Å². The third-order valence-corrected chi connectivity index (χ3v) is 10.2. The molecule has 3 aromatic carbocycles. The van der Waals surface area contributed by atoms with Crippen LogP contribution in [-0.4, -0.2) is 99.2 Å². The van der Waals surface area contributed by atoms with Crippen molar-refractivity contribution in [3.63, 3.8) is 0 Å². The normalized spacial score (nSPS) is 20.7. The number of carbonyl (C=O) groups is 1. The molecule has 2 aliphatic rings. The predicted molar refractivity (Wildman–Crippen MR) is 203 cm³/mol. The number of nitrogens with zero attached hydrogens (tertiary/aromatic N) is 6. The number of nitrogens with one attached hydrogen (secondary N) is 3. The molecule has 18 heteroatoms. The summed E-state index contributed by atoms with van der Waals surface area (Å²) < 4.78 is 13.0. The predicted octanol–water partition coefficient (Wildman–Crippen LogP) is 2.74. The highest BCUT2D eigenvalue weighted by molar-refractivity contribution is 5.84. The van der Waals surface area contributed by atoms with Gasteiger partial charge in [0.1, 0.15) is 41.3 Å². The van der Waals surface area contributed by atoms with Gasteiger partial charge in [-0.15, -0.1) is 0 Å². The molecule has 0 radical (unpaired) electrons. The van der Waals surface area contributed by atoms with Crippen LogP contribution in [0, 0.1) is 0 Å². The molecule has 3 aromatic heterocycles. The maximum Gasteiger partial charge on any atom is 0.315 e. The first-order chi connectivity index (χ1) is 27.6. The standard InChI is InChI=1S/C39H41N9O9/c49-19-25-15-30(57-46-25)34-32(53)33(54)37(56-34)48-20-42-31-35(40-17-29(22-4-8-26(50)9-5-22)23-6-10-27(51)11-7-23)44-38(45-36(31)48)47-13-12-24(18-47)43-39(55)41-16-21-2-1-3-28(52)14-21/h1-11,14-15,20,24,29,32-34,37,49-54H,12-13,16-19H2,(H,40,44,45)(H2,41,43,55)/t24-,32+,33-,34-,37-/m1/s1. The molecule has 2 fully saturated rings. The second-order valence-electron chi connectivity index (χ2n) is 14.0. The van der Waals surface area contributed by atoms with Gasteiger partial charge >= 0.3 is 6.03 Å². The Bertz CT molecular complexity index is 2290. The molecule has 5 heterocycles. The molecule has 9 N–H and O–H groups in total. The maximum atomic E-state index is 12.8. The molecule has 0 unspecified atom stereocenters. The lowest BCUT2D eigenvalue weighted by Gasteiger charge is -2.22. The summed E-state index contributed by atoms with van der Waals surface area (Å²) >= 11 is 0. The number of hydrogen-bond acceptors (Lipinski definition) is 15. The van der Waals surface area contributed by atoms with Gasteiger partial charge in [0.25, 0.3) is 0 Å². The van der Waals surface area contributed by atoms with Crippen molar-refractivity contribution in [2.45, 2.75) is 56.1 Å². The van der Waals surface area contributed by atoms with Gasteiger partial charge in [0, 0.05) is 44.2 Å². The molecule has 0 saturated carbocycles. The van der Waals surface area contributed by atoms with Gasteiger partial charge in [-0.1, -0.05) is 41.6 Å². The molecule has 296 valence electrons. The maximum absolute atomic E-state index is 12.8. The van der Waals surface area contributed by atoms with Crippen LogP contribution in [0.3, 0.4) is 0 Å². The third kappa shape index (κ3) is 7.96. The molecule has 2 aliphatic heterocycles. The molecular formula is C39H41N9O9. The van der Waals surface area contributed by atoms with E-state index in [9.17, 15) is 35.4 Å². The first kappa shape index (κ1) is 37.5. The number of anilines is 2. The second kappa shape index (κ2) is 15.9. The summed E-state index contributed by atoms with van der Waals surface area (Å²) in [7, 11) is 0. The van der Waals surface area contributed by atoms with E-state index in [1.807, 2.05) is 29.2 Å². The number of hydrogen-bond donors (Lipinski definition) is 9. The number of carbonyl (C=O) groups excluding carboxylic acids is 1. The minimum absolute atomic E-state index is 0.112. The number of benzene rings is 3. The summed E-state index contributed by atoms with van der Waals surface area (Å²) in [5.74, 6) is 0.905. The van der Waals surface area contributed by atoms with Crippen molar-refractivity contribution < 1.29 is 44.7 Å². The molecule has 18 nitrogen and oxygen atoms in total. The quantitative estimate of drug-likeness (QED) is 0.0866. The van der Waals surface area contributed by atoms with E-state index in [1.165, 1.54) is 17.0 Å². The Balaban J connectivity index is 1.08. The lowest BCUT2D eigenvalue weighted by molar-refractivity contribution is -0.0434. The average molecular weight is 780 g/mol. The number of aliphatic hydroxyl groups is 3. The Morgan fingerprint density at radius 3 is 2.33 bits per heavy atom. The van der Waals surface area contributed by atoms with Crippen molar-refractivity contribution in [1.29, 1.82) is 0 Å². The van der Waals surface area contributed by atoms with E-state index in [0.29, 0.717) is 49.0 Å². The number of ether oxygens (including phenoxy) is 1. The lowest BCUT2D eigenvalue weighted by atomic mass is 9.91. The van der Waals surface area contributed by atoms with E-state index in [0.717, 1.165) is 16.7 Å². The largest absolute Gasteiger partial charge is 0.508 e. The van der Waals surface area contributed by atoms with E-state index >= 15 is 0 Å². The number of aromatic hydroxyl groups is 3. The van der Waals surface area contributed by atoms with Crippen LogP contribution in [0.4, 0.5) is 16.6 Å². The van der Waals surface area contributed by atoms with Crippen molar-refractivity contribution in [2.24, 2.45) is 0 Å². The van der Waals surface area contributed by atoms with E-state index in [4.69, 9.17) is 19.2 Å². The Morgan fingerprint density at radius 2 is 1.65 bits per heavy atom. The van der Waals surface area contributed by atoms with Gasteiger partial charge in [-0.2, -0.15) is 9.97 Å². The fourth-order valence-corrected chi connectivity index (χ4v) is 7.20. The zero-order chi connectivity index (χ0) is 39.6. The molecule has 0 spiro atoms. The summed E-state index contributed by atoms with van der Waals surface area (Å²) in [6.07, 6.45) is -3.06. The Morgan fingerprint density at radius 1 is 0.912 bits per heavy atom. The Kier molecular flexibility index (Phi) is 10.5. The SMILES string of the molecule is O=C(NCc1cccc(O)c1)N[C@@H]1CCN(c2nc(NCC(c3ccc(O)cc3)c3ccc(O)cc3)c3ncn([C@@H]4O[C@H](c5cc(CO)no5)[C@@H](O)[C@H]4O)c3n2)C1. The highest BCUT2D eigenvalue weighted by atomic mass is 16.6. The number of fused-ring (bicyclic) bond motifs is 1. The number of rotatable bonds is 12. The van der Waals surface area contributed by atoms with Gasteiger partial charge in [-0.25, -0.2) is 9.78 Å². The minimum atomic E-state index is -1.43. The van der Waals surface area contributed by atoms with Gasteiger partial charge in [0.05, 0.1) is 12.9 Å². The first-order valence-electron chi connectivity index (χ1n) is 18.3. The summed E-state index contributed by atoms with van der Waals surface area (Å²) in [5, 5.41) is 74.6. The number of phenols is 3. The van der Waals surface area contributed by atoms with Crippen LogP contribution in [-0.2, 0) is 17.9 Å². The third-order valence-electron chi connectivity index (χ3n) is 10.2. The zero-order valence-electron chi connectivity index (χ0n) is 30.4. The van der Waals surface area contributed by atoms with Crippen molar-refractivity contribution in [3.05, 3.63) is 113 Å². The molecule has 5 atom stereocenters.